The van der Waals surface area contributed by atoms with E-state index in [1.807, 2.05) is 0 Å². The number of likely N-dealkylation sites (tertiary alicyclic amines) is 1. The van der Waals surface area contributed by atoms with E-state index in [0.717, 1.165) is 32.2 Å². The first kappa shape index (κ1) is 9.44. The van der Waals surface area contributed by atoms with Crippen molar-refractivity contribution in [1.82, 2.24) is 4.90 Å². The SMILES string of the molecule is CC(C)C1(CN2CC(N)C2)COC1. The van der Waals surface area contributed by atoms with Crippen LogP contribution in [-0.4, -0.2) is 43.8 Å². The largest absolute Gasteiger partial charge is 0.380 e. The van der Waals surface area contributed by atoms with E-state index in [9.17, 15) is 0 Å². The molecular formula is C10H20N2O. The lowest BCUT2D eigenvalue weighted by molar-refractivity contribution is -0.157. The minimum absolute atomic E-state index is 0.421. The Kier molecular flexibility index (Phi) is 2.34. The van der Waals surface area contributed by atoms with Crippen molar-refractivity contribution in [3.8, 4) is 0 Å². The van der Waals surface area contributed by atoms with Crippen LogP contribution in [0.5, 0.6) is 0 Å². The molecule has 2 fully saturated rings. The summed E-state index contributed by atoms with van der Waals surface area (Å²) in [5.41, 5.74) is 6.18. The summed E-state index contributed by atoms with van der Waals surface area (Å²) in [6, 6.07) is 0.421. The molecule has 0 aromatic rings. The summed E-state index contributed by atoms with van der Waals surface area (Å²) in [5, 5.41) is 0. The van der Waals surface area contributed by atoms with Gasteiger partial charge in [-0.15, -0.1) is 0 Å². The highest BCUT2D eigenvalue weighted by atomic mass is 16.5. The summed E-state index contributed by atoms with van der Waals surface area (Å²) in [6.07, 6.45) is 0. The van der Waals surface area contributed by atoms with Gasteiger partial charge >= 0.3 is 0 Å². The van der Waals surface area contributed by atoms with Crippen molar-refractivity contribution in [2.75, 3.05) is 32.8 Å². The van der Waals surface area contributed by atoms with Gasteiger partial charge in [0.1, 0.15) is 0 Å². The number of hydrogen-bond donors (Lipinski definition) is 1. The summed E-state index contributed by atoms with van der Waals surface area (Å²) in [7, 11) is 0. The minimum atomic E-state index is 0.421. The van der Waals surface area contributed by atoms with Gasteiger partial charge in [-0.05, 0) is 5.92 Å². The van der Waals surface area contributed by atoms with E-state index in [2.05, 4.69) is 18.7 Å². The van der Waals surface area contributed by atoms with Gasteiger partial charge in [0.25, 0.3) is 0 Å². The third-order valence-electron chi connectivity index (χ3n) is 3.53. The number of nitrogens with two attached hydrogens (primary N) is 1. The molecule has 2 heterocycles. The molecule has 3 heteroatoms. The highest BCUT2D eigenvalue weighted by molar-refractivity contribution is 4.95. The van der Waals surface area contributed by atoms with E-state index in [0.29, 0.717) is 11.5 Å². The summed E-state index contributed by atoms with van der Waals surface area (Å²) >= 11 is 0. The first-order valence-electron chi connectivity index (χ1n) is 5.18. The average Bonchev–Trinajstić information content (AvgIpc) is 1.91. The molecule has 0 bridgehead atoms. The van der Waals surface area contributed by atoms with Gasteiger partial charge in [0.05, 0.1) is 13.2 Å². The Morgan fingerprint density at radius 1 is 1.46 bits per heavy atom. The molecule has 0 saturated carbocycles. The lowest BCUT2D eigenvalue weighted by Crippen LogP contribution is -2.62. The van der Waals surface area contributed by atoms with Crippen molar-refractivity contribution in [3.05, 3.63) is 0 Å². The zero-order valence-corrected chi connectivity index (χ0v) is 8.62. The van der Waals surface area contributed by atoms with E-state index in [1.54, 1.807) is 0 Å². The van der Waals surface area contributed by atoms with E-state index < -0.39 is 0 Å². The summed E-state index contributed by atoms with van der Waals surface area (Å²) in [6.45, 7) is 9.80. The van der Waals surface area contributed by atoms with Gasteiger partial charge in [-0.1, -0.05) is 13.8 Å². The predicted octanol–water partition coefficient (Wildman–Crippen LogP) is 0.302. The molecule has 0 radical (unpaired) electrons. The molecule has 0 aromatic heterocycles. The molecule has 2 aliphatic heterocycles. The Morgan fingerprint density at radius 3 is 2.38 bits per heavy atom. The molecule has 13 heavy (non-hydrogen) atoms. The Balaban J connectivity index is 1.84. The van der Waals surface area contributed by atoms with Crippen LogP contribution in [0.2, 0.25) is 0 Å². The maximum Gasteiger partial charge on any atom is 0.0559 e. The Labute approximate surface area is 80.2 Å². The Morgan fingerprint density at radius 2 is 2.08 bits per heavy atom. The highest BCUT2D eigenvalue weighted by Gasteiger charge is 2.44. The molecule has 2 rings (SSSR count). The van der Waals surface area contributed by atoms with E-state index in [1.165, 1.54) is 6.54 Å². The topological polar surface area (TPSA) is 38.5 Å². The zero-order valence-electron chi connectivity index (χ0n) is 8.62. The summed E-state index contributed by atoms with van der Waals surface area (Å²) in [4.78, 5) is 2.45. The van der Waals surface area contributed by atoms with Gasteiger partial charge in [-0.25, -0.2) is 0 Å². The fourth-order valence-electron chi connectivity index (χ4n) is 2.16. The second-order valence-corrected chi connectivity index (χ2v) is 4.96. The van der Waals surface area contributed by atoms with Crippen molar-refractivity contribution in [3.63, 3.8) is 0 Å². The number of rotatable bonds is 3. The molecular weight excluding hydrogens is 164 g/mol. The molecule has 76 valence electrons. The van der Waals surface area contributed by atoms with Gasteiger partial charge in [0, 0.05) is 31.1 Å². The molecule has 2 N–H and O–H groups in total. The second-order valence-electron chi connectivity index (χ2n) is 4.96. The number of hydrogen-bond acceptors (Lipinski definition) is 3. The first-order chi connectivity index (χ1) is 6.12. The van der Waals surface area contributed by atoms with E-state index >= 15 is 0 Å². The van der Waals surface area contributed by atoms with Crippen molar-refractivity contribution in [1.29, 1.82) is 0 Å². The van der Waals surface area contributed by atoms with Gasteiger partial charge in [0.2, 0.25) is 0 Å². The van der Waals surface area contributed by atoms with Crippen LogP contribution < -0.4 is 5.73 Å². The second kappa shape index (κ2) is 3.23. The molecule has 0 amide bonds. The average molecular weight is 184 g/mol. The first-order valence-corrected chi connectivity index (χ1v) is 5.18. The fraction of sp³-hybridized carbons (Fsp3) is 1.00. The maximum absolute atomic E-state index is 5.75. The zero-order chi connectivity index (χ0) is 9.47. The molecule has 0 spiro atoms. The quantitative estimate of drug-likeness (QED) is 0.685. The fourth-order valence-corrected chi connectivity index (χ4v) is 2.16. The van der Waals surface area contributed by atoms with E-state index in [4.69, 9.17) is 10.5 Å². The molecule has 2 aliphatic rings. The van der Waals surface area contributed by atoms with Crippen LogP contribution in [0.25, 0.3) is 0 Å². The van der Waals surface area contributed by atoms with E-state index in [-0.39, 0.29) is 0 Å². The van der Waals surface area contributed by atoms with Crippen molar-refractivity contribution in [2.24, 2.45) is 17.1 Å². The standard InChI is InChI=1S/C10H20N2O/c1-8(2)10(6-13-7-10)5-12-3-9(11)4-12/h8-9H,3-7,11H2,1-2H3. The van der Waals surface area contributed by atoms with Crippen LogP contribution >= 0.6 is 0 Å². The van der Waals surface area contributed by atoms with Crippen molar-refractivity contribution in [2.45, 2.75) is 19.9 Å². The van der Waals surface area contributed by atoms with Crippen LogP contribution in [0.1, 0.15) is 13.8 Å². The molecule has 2 saturated heterocycles. The number of ether oxygens (including phenoxy) is 1. The molecule has 3 nitrogen and oxygen atoms in total. The lowest BCUT2D eigenvalue weighted by Gasteiger charge is -2.50. The van der Waals surface area contributed by atoms with Crippen molar-refractivity contribution >= 4 is 0 Å². The van der Waals surface area contributed by atoms with Gasteiger partial charge < -0.3 is 10.5 Å². The normalized spacial score (nSPS) is 28.6. The molecule has 0 unspecified atom stereocenters. The Hall–Kier alpha value is -0.120. The van der Waals surface area contributed by atoms with Crippen molar-refractivity contribution < 1.29 is 4.74 Å². The molecule has 0 atom stereocenters. The summed E-state index contributed by atoms with van der Waals surface area (Å²) in [5.74, 6) is 0.720. The Bertz CT molecular complexity index is 183. The maximum atomic E-state index is 5.75. The van der Waals surface area contributed by atoms with Gasteiger partial charge in [-0.2, -0.15) is 0 Å². The van der Waals surface area contributed by atoms with Gasteiger partial charge in [0.15, 0.2) is 0 Å². The van der Waals surface area contributed by atoms with Crippen LogP contribution in [-0.2, 0) is 4.74 Å². The van der Waals surface area contributed by atoms with Crippen LogP contribution in [0.3, 0.4) is 0 Å². The highest BCUT2D eigenvalue weighted by Crippen LogP contribution is 2.37. The number of nitrogens with zero attached hydrogens (tertiary/aromatic N) is 1. The van der Waals surface area contributed by atoms with Crippen LogP contribution in [0.4, 0.5) is 0 Å². The van der Waals surface area contributed by atoms with Gasteiger partial charge in [-0.3, -0.25) is 4.90 Å². The molecule has 0 aliphatic carbocycles. The lowest BCUT2D eigenvalue weighted by atomic mass is 9.74. The van der Waals surface area contributed by atoms with Crippen LogP contribution in [0.15, 0.2) is 0 Å². The summed E-state index contributed by atoms with van der Waals surface area (Å²) < 4.78 is 5.34. The van der Waals surface area contributed by atoms with Crippen LogP contribution in [0, 0.1) is 11.3 Å². The third kappa shape index (κ3) is 1.60. The third-order valence-corrected chi connectivity index (χ3v) is 3.53. The smallest absolute Gasteiger partial charge is 0.0559 e. The monoisotopic (exact) mass is 184 g/mol. The minimum Gasteiger partial charge on any atom is -0.380 e. The predicted molar refractivity (Wildman–Crippen MR) is 52.5 cm³/mol. The molecule has 0 aromatic carbocycles.